The van der Waals surface area contributed by atoms with Crippen LogP contribution in [0.25, 0.3) is 5.69 Å². The van der Waals surface area contributed by atoms with Crippen LogP contribution in [0.15, 0.2) is 60.7 Å². The number of rotatable bonds is 3. The molecule has 27 heavy (non-hydrogen) atoms. The number of hydrogen-bond donors (Lipinski definition) is 1. The number of fused-ring (bicyclic) bond motifs is 1. The Morgan fingerprint density at radius 1 is 0.963 bits per heavy atom. The molecule has 1 saturated heterocycles. The van der Waals surface area contributed by atoms with Crippen molar-refractivity contribution in [3.05, 3.63) is 66.2 Å². The van der Waals surface area contributed by atoms with Crippen LogP contribution in [0.2, 0.25) is 0 Å². The summed E-state index contributed by atoms with van der Waals surface area (Å²) in [7, 11) is 0. The Morgan fingerprint density at radius 2 is 1.70 bits per heavy atom. The first-order valence-electron chi connectivity index (χ1n) is 9.62. The topological polar surface area (TPSA) is 67.1 Å². The molecular weight excluding hydrogens is 338 g/mol. The molecule has 6 heteroatoms. The Bertz CT molecular complexity index is 913. The smallest absolute Gasteiger partial charge is 0.250 e. The summed E-state index contributed by atoms with van der Waals surface area (Å²) in [4.78, 5) is 2.24. The lowest BCUT2D eigenvalue weighted by Gasteiger charge is -2.41. The van der Waals surface area contributed by atoms with E-state index in [1.54, 1.807) is 4.68 Å². The van der Waals surface area contributed by atoms with Crippen LogP contribution in [-0.4, -0.2) is 38.4 Å². The Balaban J connectivity index is 1.47. The molecule has 1 aromatic heterocycles. The largest absolute Gasteiger partial charge is 0.385 e. The summed E-state index contributed by atoms with van der Waals surface area (Å²) in [5.41, 5.74) is 1.21. The van der Waals surface area contributed by atoms with E-state index in [4.69, 9.17) is 0 Å². The monoisotopic (exact) mass is 361 g/mol. The normalized spacial score (nSPS) is 27.5. The highest BCUT2D eigenvalue weighted by molar-refractivity contribution is 5.42. The minimum absolute atomic E-state index is 0.189. The van der Waals surface area contributed by atoms with Gasteiger partial charge in [0.1, 0.15) is 0 Å². The van der Waals surface area contributed by atoms with Gasteiger partial charge >= 0.3 is 0 Å². The van der Waals surface area contributed by atoms with E-state index in [1.165, 1.54) is 0 Å². The first-order chi connectivity index (χ1) is 13.3. The maximum atomic E-state index is 11.6. The van der Waals surface area contributed by atoms with E-state index in [0.717, 1.165) is 49.6 Å². The van der Waals surface area contributed by atoms with Crippen molar-refractivity contribution in [2.24, 2.45) is 11.8 Å². The number of benzene rings is 2. The summed E-state index contributed by atoms with van der Waals surface area (Å²) in [5, 5.41) is 24.0. The first kappa shape index (κ1) is 16.4. The van der Waals surface area contributed by atoms with E-state index in [2.05, 4.69) is 32.6 Å². The van der Waals surface area contributed by atoms with Gasteiger partial charge in [-0.3, -0.25) is 0 Å². The number of para-hydroxylation sites is 1. The number of tetrazole rings is 1. The molecule has 6 nitrogen and oxygen atoms in total. The average molecular weight is 361 g/mol. The Kier molecular flexibility index (Phi) is 3.93. The standard InChI is InChI=1S/C21H23N5O/c27-21(17-9-3-1-4-10-17)13-7-8-16-14-25(15-19(16)21)20-22-23-24-26(20)18-11-5-2-6-12-18/h1-6,9-12,16,19,27H,7-8,13-15H2/t16-,19+,21+/m1/s1. The zero-order valence-electron chi connectivity index (χ0n) is 15.1. The van der Waals surface area contributed by atoms with Gasteiger partial charge in [-0.1, -0.05) is 53.6 Å². The Hall–Kier alpha value is -2.73. The molecule has 138 valence electrons. The lowest BCUT2D eigenvalue weighted by molar-refractivity contribution is -0.0631. The highest BCUT2D eigenvalue weighted by Crippen LogP contribution is 2.48. The van der Waals surface area contributed by atoms with Crippen LogP contribution in [-0.2, 0) is 5.60 Å². The van der Waals surface area contributed by atoms with Crippen LogP contribution in [0.1, 0.15) is 24.8 Å². The third-order valence-corrected chi connectivity index (χ3v) is 6.20. The summed E-state index contributed by atoms with van der Waals surface area (Å²) < 4.78 is 1.79. The van der Waals surface area contributed by atoms with Crippen molar-refractivity contribution in [2.45, 2.75) is 24.9 Å². The van der Waals surface area contributed by atoms with Gasteiger partial charge in [-0.2, -0.15) is 4.68 Å². The fourth-order valence-corrected chi connectivity index (χ4v) is 4.89. The number of anilines is 1. The van der Waals surface area contributed by atoms with Gasteiger partial charge in [0, 0.05) is 19.0 Å². The second-order valence-electron chi connectivity index (χ2n) is 7.68. The third-order valence-electron chi connectivity index (χ3n) is 6.20. The maximum Gasteiger partial charge on any atom is 0.250 e. The number of aliphatic hydroxyl groups is 1. The van der Waals surface area contributed by atoms with Crippen LogP contribution < -0.4 is 4.90 Å². The van der Waals surface area contributed by atoms with E-state index in [0.29, 0.717) is 5.92 Å². The molecule has 1 aliphatic carbocycles. The number of hydrogen-bond acceptors (Lipinski definition) is 5. The fourth-order valence-electron chi connectivity index (χ4n) is 4.89. The number of aromatic nitrogens is 4. The second kappa shape index (κ2) is 6.46. The zero-order valence-corrected chi connectivity index (χ0v) is 15.1. The summed E-state index contributed by atoms with van der Waals surface area (Å²) >= 11 is 0. The van der Waals surface area contributed by atoms with Gasteiger partial charge in [-0.05, 0) is 53.3 Å². The highest BCUT2D eigenvalue weighted by atomic mass is 16.3. The fraction of sp³-hybridized carbons (Fsp3) is 0.381. The molecule has 5 rings (SSSR count). The van der Waals surface area contributed by atoms with Gasteiger partial charge in [0.05, 0.1) is 11.3 Å². The molecular formula is C21H23N5O. The van der Waals surface area contributed by atoms with Gasteiger partial charge in [0.15, 0.2) is 0 Å². The summed E-state index contributed by atoms with van der Waals surface area (Å²) in [6, 6.07) is 20.1. The molecule has 0 bridgehead atoms. The zero-order chi connectivity index (χ0) is 18.3. The van der Waals surface area contributed by atoms with Crippen LogP contribution in [0.3, 0.4) is 0 Å². The summed E-state index contributed by atoms with van der Waals surface area (Å²) in [6.07, 6.45) is 3.00. The predicted octanol–water partition coefficient (Wildman–Crippen LogP) is 2.79. The summed E-state index contributed by atoms with van der Waals surface area (Å²) in [5.74, 6) is 1.39. The van der Waals surface area contributed by atoms with Gasteiger partial charge in [0.25, 0.3) is 0 Å². The minimum atomic E-state index is -0.774. The lowest BCUT2D eigenvalue weighted by Crippen LogP contribution is -2.42. The Labute approximate surface area is 158 Å². The van der Waals surface area contributed by atoms with Crippen LogP contribution >= 0.6 is 0 Å². The minimum Gasteiger partial charge on any atom is -0.385 e. The highest BCUT2D eigenvalue weighted by Gasteiger charge is 2.50. The molecule has 0 radical (unpaired) electrons. The molecule has 3 aromatic rings. The predicted molar refractivity (Wildman–Crippen MR) is 103 cm³/mol. The molecule has 0 unspecified atom stereocenters. The van der Waals surface area contributed by atoms with Gasteiger partial charge in [-0.15, -0.1) is 0 Å². The lowest BCUT2D eigenvalue weighted by atomic mass is 9.67. The molecule has 2 heterocycles. The molecule has 1 N–H and O–H groups in total. The summed E-state index contributed by atoms with van der Waals surface area (Å²) in [6.45, 7) is 1.65. The molecule has 0 amide bonds. The van der Waals surface area contributed by atoms with Crippen LogP contribution in [0, 0.1) is 11.8 Å². The average Bonchev–Trinajstić information content (AvgIpc) is 3.37. The van der Waals surface area contributed by atoms with Crippen molar-refractivity contribution in [2.75, 3.05) is 18.0 Å². The quantitative estimate of drug-likeness (QED) is 0.777. The van der Waals surface area contributed by atoms with E-state index in [9.17, 15) is 5.11 Å². The number of nitrogens with zero attached hydrogens (tertiary/aromatic N) is 5. The van der Waals surface area contributed by atoms with Crippen molar-refractivity contribution in [1.29, 1.82) is 0 Å². The van der Waals surface area contributed by atoms with E-state index in [1.807, 2.05) is 48.5 Å². The van der Waals surface area contributed by atoms with Gasteiger partial charge in [0.2, 0.25) is 5.95 Å². The van der Waals surface area contributed by atoms with E-state index in [-0.39, 0.29) is 5.92 Å². The third kappa shape index (κ3) is 2.72. The molecule has 2 aromatic carbocycles. The van der Waals surface area contributed by atoms with Gasteiger partial charge in [-0.25, -0.2) is 0 Å². The van der Waals surface area contributed by atoms with Crippen LogP contribution in [0.5, 0.6) is 0 Å². The van der Waals surface area contributed by atoms with Crippen molar-refractivity contribution < 1.29 is 5.11 Å². The van der Waals surface area contributed by atoms with E-state index >= 15 is 0 Å². The first-order valence-corrected chi connectivity index (χ1v) is 9.62. The SMILES string of the molecule is O[C@]1(c2ccccc2)CCC[C@@H]2CN(c3nnnn3-c3ccccc3)C[C@@H]21. The molecule has 0 spiro atoms. The van der Waals surface area contributed by atoms with Gasteiger partial charge < -0.3 is 10.0 Å². The molecule has 1 aliphatic heterocycles. The van der Waals surface area contributed by atoms with Crippen LogP contribution in [0.4, 0.5) is 5.95 Å². The van der Waals surface area contributed by atoms with Crippen molar-refractivity contribution >= 4 is 5.95 Å². The molecule has 3 atom stereocenters. The maximum absolute atomic E-state index is 11.6. The Morgan fingerprint density at radius 3 is 2.48 bits per heavy atom. The molecule has 2 fully saturated rings. The second-order valence-corrected chi connectivity index (χ2v) is 7.68. The molecule has 2 aliphatic rings. The van der Waals surface area contributed by atoms with Crippen molar-refractivity contribution in [1.82, 2.24) is 20.2 Å². The van der Waals surface area contributed by atoms with Crippen molar-refractivity contribution in [3.63, 3.8) is 0 Å². The van der Waals surface area contributed by atoms with Crippen molar-refractivity contribution in [3.8, 4) is 5.69 Å². The van der Waals surface area contributed by atoms with E-state index < -0.39 is 5.60 Å². The molecule has 1 saturated carbocycles.